The van der Waals surface area contributed by atoms with E-state index in [9.17, 15) is 0 Å². The van der Waals surface area contributed by atoms with E-state index in [2.05, 4.69) is 25.5 Å². The second-order valence-corrected chi connectivity index (χ2v) is 5.37. The van der Waals surface area contributed by atoms with Crippen LogP contribution in [0.15, 0.2) is 27.6 Å². The molecule has 3 aromatic rings. The van der Waals surface area contributed by atoms with E-state index >= 15 is 0 Å². The number of hydrogen-bond acceptors (Lipinski definition) is 7. The van der Waals surface area contributed by atoms with E-state index in [0.717, 1.165) is 41.4 Å². The zero-order chi connectivity index (χ0) is 14.7. The Morgan fingerprint density at radius 2 is 2.24 bits per heavy atom. The zero-order valence-corrected chi connectivity index (χ0v) is 12.6. The number of rotatable bonds is 5. The van der Waals surface area contributed by atoms with Crippen LogP contribution in [0, 0.1) is 13.8 Å². The number of nitrogens with zero attached hydrogens (tertiary/aromatic N) is 4. The Labute approximate surface area is 126 Å². The fourth-order valence-electron chi connectivity index (χ4n) is 2.06. The molecule has 3 heterocycles. The minimum Gasteiger partial charge on any atom is -0.466 e. The molecule has 0 unspecified atom stereocenters. The molecule has 0 fully saturated rings. The van der Waals surface area contributed by atoms with Gasteiger partial charge in [-0.15, -0.1) is 16.4 Å². The third-order valence-electron chi connectivity index (χ3n) is 3.02. The van der Waals surface area contributed by atoms with E-state index in [1.54, 1.807) is 17.5 Å². The molecule has 0 saturated heterocycles. The Morgan fingerprint density at radius 3 is 2.95 bits per heavy atom. The van der Waals surface area contributed by atoms with E-state index < -0.39 is 0 Å². The summed E-state index contributed by atoms with van der Waals surface area (Å²) in [7, 11) is 0. The Bertz CT molecular complexity index is 723. The van der Waals surface area contributed by atoms with Crippen molar-refractivity contribution in [1.29, 1.82) is 0 Å². The molecule has 6 nitrogen and oxygen atoms in total. The molecule has 1 N–H and O–H groups in total. The van der Waals surface area contributed by atoms with E-state index in [1.165, 1.54) is 0 Å². The van der Waals surface area contributed by atoms with Crippen LogP contribution in [0.5, 0.6) is 0 Å². The molecule has 0 atom stereocenters. The van der Waals surface area contributed by atoms with Crippen molar-refractivity contribution in [2.45, 2.75) is 20.3 Å². The van der Waals surface area contributed by atoms with Gasteiger partial charge in [-0.25, -0.2) is 9.97 Å². The first-order valence-electron chi connectivity index (χ1n) is 6.60. The van der Waals surface area contributed by atoms with Gasteiger partial charge < -0.3 is 9.73 Å². The largest absolute Gasteiger partial charge is 0.466 e. The second-order valence-electron chi connectivity index (χ2n) is 4.65. The van der Waals surface area contributed by atoms with Crippen LogP contribution in [0.1, 0.15) is 17.2 Å². The molecule has 21 heavy (non-hydrogen) atoms. The predicted octanol–water partition coefficient (Wildman–Crippen LogP) is 2.86. The Morgan fingerprint density at radius 1 is 1.33 bits per heavy atom. The molecule has 3 aromatic heterocycles. The molecule has 7 heteroatoms. The van der Waals surface area contributed by atoms with Crippen molar-refractivity contribution in [3.05, 3.63) is 40.4 Å². The summed E-state index contributed by atoms with van der Waals surface area (Å²) >= 11 is 1.60. The van der Waals surface area contributed by atoms with Crippen LogP contribution in [-0.4, -0.2) is 26.7 Å². The molecule has 0 aromatic carbocycles. The quantitative estimate of drug-likeness (QED) is 0.781. The number of aromatic nitrogens is 4. The highest BCUT2D eigenvalue weighted by Crippen LogP contribution is 2.24. The average Bonchev–Trinajstić information content (AvgIpc) is 3.09. The Hall–Kier alpha value is -2.28. The third kappa shape index (κ3) is 3.25. The fourth-order valence-corrected chi connectivity index (χ4v) is 2.65. The van der Waals surface area contributed by atoms with Crippen molar-refractivity contribution in [3.63, 3.8) is 0 Å². The summed E-state index contributed by atoms with van der Waals surface area (Å²) in [6.07, 6.45) is 2.48. The summed E-state index contributed by atoms with van der Waals surface area (Å²) < 4.78 is 5.52. The van der Waals surface area contributed by atoms with E-state index in [0.29, 0.717) is 5.95 Å². The Kier molecular flexibility index (Phi) is 3.92. The van der Waals surface area contributed by atoms with Gasteiger partial charge in [0.2, 0.25) is 5.95 Å². The monoisotopic (exact) mass is 301 g/mol. The van der Waals surface area contributed by atoms with Gasteiger partial charge in [0.1, 0.15) is 11.5 Å². The van der Waals surface area contributed by atoms with Crippen LogP contribution in [0.2, 0.25) is 0 Å². The second kappa shape index (κ2) is 6.01. The van der Waals surface area contributed by atoms with Crippen LogP contribution >= 0.6 is 11.3 Å². The predicted molar refractivity (Wildman–Crippen MR) is 81.3 cm³/mol. The molecular formula is C14H15N5OS. The molecular weight excluding hydrogens is 286 g/mol. The standard InChI is InChI=1S/C14H15N5OS/c1-9-5-12(10(2)20-9)13-6-17-19-14(18-13)15-4-3-11-7-21-8-16-11/h5-8H,3-4H2,1-2H3,(H,15,18,19). The van der Waals surface area contributed by atoms with Gasteiger partial charge in [-0.1, -0.05) is 0 Å². The van der Waals surface area contributed by atoms with Crippen molar-refractivity contribution in [3.8, 4) is 11.3 Å². The molecule has 0 saturated carbocycles. The minimum atomic E-state index is 0.515. The van der Waals surface area contributed by atoms with Gasteiger partial charge in [0.15, 0.2) is 0 Å². The van der Waals surface area contributed by atoms with Crippen LogP contribution in [0.25, 0.3) is 11.3 Å². The smallest absolute Gasteiger partial charge is 0.243 e. The number of thiazole rings is 1. The number of furan rings is 1. The number of hydrogen-bond donors (Lipinski definition) is 1. The summed E-state index contributed by atoms with van der Waals surface area (Å²) in [5.41, 5.74) is 4.61. The molecule has 0 radical (unpaired) electrons. The lowest BCUT2D eigenvalue weighted by atomic mass is 10.2. The molecule has 3 rings (SSSR count). The van der Waals surface area contributed by atoms with Crippen molar-refractivity contribution in [1.82, 2.24) is 20.2 Å². The lowest BCUT2D eigenvalue weighted by Crippen LogP contribution is -2.09. The molecule has 0 aliphatic rings. The van der Waals surface area contributed by atoms with Crippen molar-refractivity contribution in [2.75, 3.05) is 11.9 Å². The van der Waals surface area contributed by atoms with Gasteiger partial charge in [0, 0.05) is 23.9 Å². The highest BCUT2D eigenvalue weighted by atomic mass is 32.1. The summed E-state index contributed by atoms with van der Waals surface area (Å²) in [6.45, 7) is 4.55. The van der Waals surface area contributed by atoms with Crippen molar-refractivity contribution < 1.29 is 4.42 Å². The first-order chi connectivity index (χ1) is 10.2. The molecule has 0 aliphatic carbocycles. The number of aryl methyl sites for hydroxylation is 2. The maximum absolute atomic E-state index is 5.52. The number of anilines is 1. The molecule has 108 valence electrons. The lowest BCUT2D eigenvalue weighted by Gasteiger charge is -2.04. The summed E-state index contributed by atoms with van der Waals surface area (Å²) in [5.74, 6) is 2.21. The van der Waals surface area contributed by atoms with E-state index in [-0.39, 0.29) is 0 Å². The first-order valence-corrected chi connectivity index (χ1v) is 7.55. The third-order valence-corrected chi connectivity index (χ3v) is 3.66. The maximum atomic E-state index is 5.52. The van der Waals surface area contributed by atoms with Gasteiger partial charge in [-0.3, -0.25) is 0 Å². The van der Waals surface area contributed by atoms with Gasteiger partial charge in [0.25, 0.3) is 0 Å². The number of nitrogens with one attached hydrogen (secondary N) is 1. The average molecular weight is 301 g/mol. The van der Waals surface area contributed by atoms with E-state index in [4.69, 9.17) is 4.42 Å². The highest BCUT2D eigenvalue weighted by molar-refractivity contribution is 7.07. The van der Waals surface area contributed by atoms with Gasteiger partial charge in [0.05, 0.1) is 23.1 Å². The Balaban J connectivity index is 1.70. The summed E-state index contributed by atoms with van der Waals surface area (Å²) in [5, 5.41) is 13.2. The normalized spacial score (nSPS) is 10.8. The summed E-state index contributed by atoms with van der Waals surface area (Å²) in [6, 6.07) is 1.96. The van der Waals surface area contributed by atoms with Gasteiger partial charge in [-0.05, 0) is 19.9 Å². The molecule has 0 amide bonds. The van der Waals surface area contributed by atoms with Crippen LogP contribution in [-0.2, 0) is 6.42 Å². The van der Waals surface area contributed by atoms with Gasteiger partial charge in [-0.2, -0.15) is 5.10 Å². The van der Waals surface area contributed by atoms with Crippen LogP contribution < -0.4 is 5.32 Å². The van der Waals surface area contributed by atoms with Crippen LogP contribution in [0.3, 0.4) is 0 Å². The highest BCUT2D eigenvalue weighted by Gasteiger charge is 2.10. The van der Waals surface area contributed by atoms with Crippen molar-refractivity contribution in [2.24, 2.45) is 0 Å². The molecule has 0 aliphatic heterocycles. The zero-order valence-electron chi connectivity index (χ0n) is 11.8. The van der Waals surface area contributed by atoms with E-state index in [1.807, 2.05) is 30.8 Å². The minimum absolute atomic E-state index is 0.515. The van der Waals surface area contributed by atoms with Crippen molar-refractivity contribution >= 4 is 17.3 Å². The molecule has 0 spiro atoms. The molecule has 0 bridgehead atoms. The van der Waals surface area contributed by atoms with Crippen LogP contribution in [0.4, 0.5) is 5.95 Å². The first kappa shape index (κ1) is 13.7. The topological polar surface area (TPSA) is 76.7 Å². The SMILES string of the molecule is Cc1cc(-c2cnnc(NCCc3cscn3)n2)c(C)o1. The van der Waals surface area contributed by atoms with Gasteiger partial charge >= 0.3 is 0 Å². The maximum Gasteiger partial charge on any atom is 0.243 e. The summed E-state index contributed by atoms with van der Waals surface area (Å²) in [4.78, 5) is 8.71. The fraction of sp³-hybridized carbons (Fsp3) is 0.286. The lowest BCUT2D eigenvalue weighted by molar-refractivity contribution is 0.505.